The van der Waals surface area contributed by atoms with Gasteiger partial charge in [0.05, 0.1) is 5.02 Å². The van der Waals surface area contributed by atoms with Gasteiger partial charge < -0.3 is 15.0 Å². The Labute approximate surface area is 157 Å². The lowest BCUT2D eigenvalue weighted by Crippen LogP contribution is -2.36. The van der Waals surface area contributed by atoms with Gasteiger partial charge in [0.25, 0.3) is 11.8 Å². The molecule has 0 bridgehead atoms. The number of nitrogens with one attached hydrogen (secondary N) is 1. The highest BCUT2D eigenvalue weighted by Gasteiger charge is 2.32. The van der Waals surface area contributed by atoms with Gasteiger partial charge in [-0.2, -0.15) is 0 Å². The zero-order chi connectivity index (χ0) is 18.5. The van der Waals surface area contributed by atoms with E-state index in [1.807, 2.05) is 29.2 Å². The molecule has 1 fully saturated rings. The van der Waals surface area contributed by atoms with E-state index in [0.29, 0.717) is 22.9 Å². The highest BCUT2D eigenvalue weighted by atomic mass is 35.5. The maximum atomic E-state index is 12.6. The van der Waals surface area contributed by atoms with Crippen molar-refractivity contribution in [2.45, 2.75) is 25.4 Å². The fourth-order valence-corrected chi connectivity index (χ4v) is 2.88. The summed E-state index contributed by atoms with van der Waals surface area (Å²) < 4.78 is 5.58. The van der Waals surface area contributed by atoms with Crippen molar-refractivity contribution in [2.75, 3.05) is 13.7 Å². The molecule has 0 atom stereocenters. The molecule has 26 heavy (non-hydrogen) atoms. The molecular weight excluding hydrogens is 352 g/mol. The van der Waals surface area contributed by atoms with Gasteiger partial charge in [-0.3, -0.25) is 9.59 Å². The smallest absolute Gasteiger partial charge is 0.261 e. The number of benzene rings is 2. The third kappa shape index (κ3) is 4.55. The predicted octanol–water partition coefficient (Wildman–Crippen LogP) is 3.27. The Morgan fingerprint density at radius 2 is 1.85 bits per heavy atom. The number of carbonyl (C=O) groups excluding carboxylic acids is 2. The van der Waals surface area contributed by atoms with Crippen LogP contribution in [-0.2, 0) is 11.3 Å². The Morgan fingerprint density at radius 3 is 2.46 bits per heavy atom. The molecule has 0 radical (unpaired) electrons. The standard InChI is InChI=1S/C20H21ClN2O3/c1-22-20(25)15-8-6-14(7-9-15)12-23(16-10-11-16)19(24)13-26-18-5-3-2-4-17(18)21/h2-9,16H,10-13H2,1H3,(H,22,25). The van der Waals surface area contributed by atoms with Crippen molar-refractivity contribution in [1.82, 2.24) is 10.2 Å². The van der Waals surface area contributed by atoms with Gasteiger partial charge in [0.15, 0.2) is 6.61 Å². The number of halogens is 1. The zero-order valence-electron chi connectivity index (χ0n) is 14.6. The minimum Gasteiger partial charge on any atom is -0.482 e. The third-order valence-electron chi connectivity index (χ3n) is 4.29. The lowest BCUT2D eigenvalue weighted by Gasteiger charge is -2.23. The molecule has 136 valence electrons. The molecule has 1 aliphatic rings. The number of hydrogen-bond acceptors (Lipinski definition) is 3. The quantitative estimate of drug-likeness (QED) is 0.811. The van der Waals surface area contributed by atoms with Gasteiger partial charge in [0.2, 0.25) is 0 Å². The van der Waals surface area contributed by atoms with Crippen LogP contribution in [-0.4, -0.2) is 36.4 Å². The van der Waals surface area contributed by atoms with E-state index in [1.54, 1.807) is 31.3 Å². The Balaban J connectivity index is 1.63. The van der Waals surface area contributed by atoms with Crippen molar-refractivity contribution in [3.63, 3.8) is 0 Å². The van der Waals surface area contributed by atoms with Crippen LogP contribution < -0.4 is 10.1 Å². The van der Waals surface area contributed by atoms with E-state index in [0.717, 1.165) is 18.4 Å². The number of amides is 2. The first-order chi connectivity index (χ1) is 12.6. The summed E-state index contributed by atoms with van der Waals surface area (Å²) in [7, 11) is 1.60. The predicted molar refractivity (Wildman–Crippen MR) is 100 cm³/mol. The van der Waals surface area contributed by atoms with E-state index >= 15 is 0 Å². The zero-order valence-corrected chi connectivity index (χ0v) is 15.3. The molecule has 0 saturated heterocycles. The van der Waals surface area contributed by atoms with Crippen LogP contribution in [0.3, 0.4) is 0 Å². The van der Waals surface area contributed by atoms with E-state index in [-0.39, 0.29) is 24.5 Å². The summed E-state index contributed by atoms with van der Waals surface area (Å²) in [5.74, 6) is 0.316. The summed E-state index contributed by atoms with van der Waals surface area (Å²) in [6.45, 7) is 0.458. The molecule has 0 aliphatic heterocycles. The van der Waals surface area contributed by atoms with E-state index in [2.05, 4.69) is 5.32 Å². The van der Waals surface area contributed by atoms with Crippen LogP contribution in [0.15, 0.2) is 48.5 Å². The van der Waals surface area contributed by atoms with Crippen molar-refractivity contribution in [3.05, 3.63) is 64.7 Å². The Kier molecular flexibility index (Phi) is 5.78. The van der Waals surface area contributed by atoms with Crippen LogP contribution in [0, 0.1) is 0 Å². The second kappa shape index (κ2) is 8.23. The van der Waals surface area contributed by atoms with E-state index in [9.17, 15) is 9.59 Å². The molecule has 0 unspecified atom stereocenters. The third-order valence-corrected chi connectivity index (χ3v) is 4.60. The highest BCUT2D eigenvalue weighted by molar-refractivity contribution is 6.32. The molecule has 1 N–H and O–H groups in total. The lowest BCUT2D eigenvalue weighted by atomic mass is 10.1. The molecule has 1 aliphatic carbocycles. The van der Waals surface area contributed by atoms with Crippen molar-refractivity contribution in [1.29, 1.82) is 0 Å². The molecular formula is C20H21ClN2O3. The molecule has 0 aromatic heterocycles. The molecule has 2 amide bonds. The molecule has 2 aromatic rings. The van der Waals surface area contributed by atoms with Gasteiger partial charge in [0, 0.05) is 25.2 Å². The summed E-state index contributed by atoms with van der Waals surface area (Å²) in [5.41, 5.74) is 1.58. The van der Waals surface area contributed by atoms with Crippen molar-refractivity contribution in [3.8, 4) is 5.75 Å². The minimum absolute atomic E-state index is 0.0451. The largest absolute Gasteiger partial charge is 0.482 e. The maximum Gasteiger partial charge on any atom is 0.261 e. The Hall–Kier alpha value is -2.53. The fourth-order valence-electron chi connectivity index (χ4n) is 2.69. The minimum atomic E-state index is -0.125. The summed E-state index contributed by atoms with van der Waals surface area (Å²) >= 11 is 6.06. The van der Waals surface area contributed by atoms with Crippen LogP contribution in [0.1, 0.15) is 28.8 Å². The topological polar surface area (TPSA) is 58.6 Å². The average molecular weight is 373 g/mol. The SMILES string of the molecule is CNC(=O)c1ccc(CN(C(=O)COc2ccccc2Cl)C2CC2)cc1. The molecule has 6 heteroatoms. The van der Waals surface area contributed by atoms with Crippen LogP contribution in [0.25, 0.3) is 0 Å². The summed E-state index contributed by atoms with van der Waals surface area (Å²) in [6, 6.07) is 14.7. The van der Waals surface area contributed by atoms with E-state index < -0.39 is 0 Å². The van der Waals surface area contributed by atoms with Gasteiger partial charge in [-0.15, -0.1) is 0 Å². The second-order valence-corrected chi connectivity index (χ2v) is 6.66. The molecule has 1 saturated carbocycles. The van der Waals surface area contributed by atoms with Crippen LogP contribution in [0.5, 0.6) is 5.75 Å². The first kappa shape index (κ1) is 18.3. The number of ether oxygens (including phenoxy) is 1. The second-order valence-electron chi connectivity index (χ2n) is 6.25. The Bertz CT molecular complexity index is 788. The first-order valence-corrected chi connectivity index (χ1v) is 8.94. The summed E-state index contributed by atoms with van der Waals surface area (Å²) in [4.78, 5) is 26.1. The molecule has 3 rings (SSSR count). The van der Waals surface area contributed by atoms with Crippen LogP contribution >= 0.6 is 11.6 Å². The van der Waals surface area contributed by atoms with Gasteiger partial charge in [0.1, 0.15) is 5.75 Å². The number of hydrogen-bond donors (Lipinski definition) is 1. The maximum absolute atomic E-state index is 12.6. The number of nitrogens with zero attached hydrogens (tertiary/aromatic N) is 1. The number of carbonyl (C=O) groups is 2. The van der Waals surface area contributed by atoms with Crippen molar-refractivity contribution in [2.24, 2.45) is 0 Å². The van der Waals surface area contributed by atoms with Crippen LogP contribution in [0.2, 0.25) is 5.02 Å². The lowest BCUT2D eigenvalue weighted by molar-refractivity contribution is -0.134. The summed E-state index contributed by atoms with van der Waals surface area (Å²) in [5, 5.41) is 3.08. The molecule has 2 aromatic carbocycles. The summed E-state index contributed by atoms with van der Waals surface area (Å²) in [6.07, 6.45) is 2.02. The van der Waals surface area contributed by atoms with Gasteiger partial charge >= 0.3 is 0 Å². The average Bonchev–Trinajstić information content (AvgIpc) is 3.50. The fraction of sp³-hybridized carbons (Fsp3) is 0.300. The molecule has 0 heterocycles. The van der Waals surface area contributed by atoms with Crippen molar-refractivity contribution >= 4 is 23.4 Å². The van der Waals surface area contributed by atoms with E-state index in [1.165, 1.54) is 0 Å². The highest BCUT2D eigenvalue weighted by Crippen LogP contribution is 2.29. The number of rotatable bonds is 7. The van der Waals surface area contributed by atoms with Gasteiger partial charge in [-0.1, -0.05) is 35.9 Å². The number of para-hydroxylation sites is 1. The molecule has 5 nitrogen and oxygen atoms in total. The van der Waals surface area contributed by atoms with E-state index in [4.69, 9.17) is 16.3 Å². The van der Waals surface area contributed by atoms with Crippen LogP contribution in [0.4, 0.5) is 0 Å². The van der Waals surface area contributed by atoms with Gasteiger partial charge in [-0.05, 0) is 42.7 Å². The van der Waals surface area contributed by atoms with Gasteiger partial charge in [-0.25, -0.2) is 0 Å². The molecule has 0 spiro atoms. The monoisotopic (exact) mass is 372 g/mol. The normalized spacial score (nSPS) is 13.2. The Morgan fingerprint density at radius 1 is 1.15 bits per heavy atom. The first-order valence-electron chi connectivity index (χ1n) is 8.56. The van der Waals surface area contributed by atoms with Crippen molar-refractivity contribution < 1.29 is 14.3 Å².